The zero-order chi connectivity index (χ0) is 11.6. The summed E-state index contributed by atoms with van der Waals surface area (Å²) in [7, 11) is 0. The van der Waals surface area contributed by atoms with Crippen molar-refractivity contribution in [1.29, 1.82) is 5.26 Å². The summed E-state index contributed by atoms with van der Waals surface area (Å²) in [5.41, 5.74) is -0.341. The number of ether oxygens (including phenoxy) is 1. The number of hydrogen-bond donors (Lipinski definition) is 1. The van der Waals surface area contributed by atoms with Crippen LogP contribution in [0.25, 0.3) is 0 Å². The molecule has 0 amide bonds. The molecule has 0 aromatic heterocycles. The highest BCUT2D eigenvalue weighted by Gasteiger charge is 2.40. The molecule has 1 saturated carbocycles. The molecule has 90 valence electrons. The molecule has 1 aliphatic heterocycles. The van der Waals surface area contributed by atoms with Gasteiger partial charge in [0.1, 0.15) is 5.54 Å². The summed E-state index contributed by atoms with van der Waals surface area (Å²) in [5.74, 6) is 0. The molecule has 2 unspecified atom stereocenters. The normalized spacial score (nSPS) is 40.8. The smallest absolute Gasteiger partial charge is 0.111 e. The largest absolute Gasteiger partial charge is 0.375 e. The molecule has 3 heteroatoms. The fourth-order valence-corrected chi connectivity index (χ4v) is 3.26. The van der Waals surface area contributed by atoms with Crippen molar-refractivity contribution in [3.63, 3.8) is 0 Å². The maximum absolute atomic E-state index is 9.47. The quantitative estimate of drug-likeness (QED) is 0.780. The lowest BCUT2D eigenvalue weighted by Crippen LogP contribution is -2.55. The fourth-order valence-electron chi connectivity index (χ4n) is 3.26. The van der Waals surface area contributed by atoms with Gasteiger partial charge in [0.15, 0.2) is 0 Å². The first-order valence-electron chi connectivity index (χ1n) is 6.48. The fraction of sp³-hybridized carbons (Fsp3) is 0.923. The number of nitriles is 1. The molecular weight excluding hydrogens is 200 g/mol. The predicted molar refractivity (Wildman–Crippen MR) is 63.0 cm³/mol. The Morgan fingerprint density at radius 1 is 1.19 bits per heavy atom. The van der Waals surface area contributed by atoms with Crippen LogP contribution < -0.4 is 5.32 Å². The Hall–Kier alpha value is -0.590. The maximum atomic E-state index is 9.47. The Balaban J connectivity index is 2.03. The minimum absolute atomic E-state index is 0.192. The SMILES string of the molecule is CC1CC(C#N)(NC2CCCC2)CC(C)O1. The van der Waals surface area contributed by atoms with Crippen LogP contribution in [0.4, 0.5) is 0 Å². The van der Waals surface area contributed by atoms with Gasteiger partial charge < -0.3 is 4.74 Å². The van der Waals surface area contributed by atoms with Gasteiger partial charge >= 0.3 is 0 Å². The zero-order valence-corrected chi connectivity index (χ0v) is 10.3. The van der Waals surface area contributed by atoms with E-state index in [1.54, 1.807) is 0 Å². The van der Waals surface area contributed by atoms with Crippen molar-refractivity contribution in [2.24, 2.45) is 0 Å². The molecule has 16 heavy (non-hydrogen) atoms. The highest BCUT2D eigenvalue weighted by Crippen LogP contribution is 2.31. The molecule has 0 bridgehead atoms. The molecule has 3 nitrogen and oxygen atoms in total. The molecule has 2 atom stereocenters. The molecule has 1 heterocycles. The molecule has 0 aromatic rings. The van der Waals surface area contributed by atoms with Crippen molar-refractivity contribution in [3.8, 4) is 6.07 Å². The summed E-state index contributed by atoms with van der Waals surface area (Å²) < 4.78 is 5.72. The Labute approximate surface area is 98.2 Å². The molecule has 0 radical (unpaired) electrons. The van der Waals surface area contributed by atoms with E-state index >= 15 is 0 Å². The number of rotatable bonds is 2. The van der Waals surface area contributed by atoms with Crippen LogP contribution in [0.3, 0.4) is 0 Å². The van der Waals surface area contributed by atoms with Gasteiger partial charge in [-0.2, -0.15) is 5.26 Å². The average Bonchev–Trinajstić information content (AvgIpc) is 2.68. The lowest BCUT2D eigenvalue weighted by molar-refractivity contribution is -0.0582. The van der Waals surface area contributed by atoms with Crippen LogP contribution in [0, 0.1) is 11.3 Å². The van der Waals surface area contributed by atoms with Crippen LogP contribution in [0.2, 0.25) is 0 Å². The molecule has 0 aromatic carbocycles. The first-order chi connectivity index (χ1) is 7.63. The van der Waals surface area contributed by atoms with E-state index in [1.807, 2.05) is 0 Å². The van der Waals surface area contributed by atoms with E-state index in [1.165, 1.54) is 25.7 Å². The third-order valence-corrected chi connectivity index (χ3v) is 3.79. The van der Waals surface area contributed by atoms with E-state index in [9.17, 15) is 5.26 Å². The van der Waals surface area contributed by atoms with E-state index in [0.29, 0.717) is 6.04 Å². The summed E-state index contributed by atoms with van der Waals surface area (Å²) in [4.78, 5) is 0. The Kier molecular flexibility index (Phi) is 3.51. The van der Waals surface area contributed by atoms with Crippen LogP contribution in [0.5, 0.6) is 0 Å². The first kappa shape index (κ1) is 11.9. The molecular formula is C13H22N2O. The van der Waals surface area contributed by atoms with Crippen molar-refractivity contribution >= 4 is 0 Å². The molecule has 2 rings (SSSR count). The van der Waals surface area contributed by atoms with Gasteiger partial charge in [0.05, 0.1) is 18.3 Å². The number of nitrogens with zero attached hydrogens (tertiary/aromatic N) is 1. The van der Waals surface area contributed by atoms with Crippen molar-refractivity contribution in [2.75, 3.05) is 0 Å². The van der Waals surface area contributed by atoms with Gasteiger partial charge in [-0.05, 0) is 26.7 Å². The summed E-state index contributed by atoms with van der Waals surface area (Å²) in [6.07, 6.45) is 7.10. The van der Waals surface area contributed by atoms with Gasteiger partial charge in [0, 0.05) is 18.9 Å². The molecule has 1 N–H and O–H groups in total. The third kappa shape index (κ3) is 2.56. The van der Waals surface area contributed by atoms with E-state index in [4.69, 9.17) is 4.74 Å². The van der Waals surface area contributed by atoms with Crippen molar-refractivity contribution in [3.05, 3.63) is 0 Å². The highest BCUT2D eigenvalue weighted by molar-refractivity contribution is 5.12. The molecule has 1 aliphatic carbocycles. The minimum atomic E-state index is -0.341. The minimum Gasteiger partial charge on any atom is -0.375 e. The van der Waals surface area contributed by atoms with Gasteiger partial charge in [-0.15, -0.1) is 0 Å². The second-order valence-electron chi connectivity index (χ2n) is 5.49. The van der Waals surface area contributed by atoms with E-state index < -0.39 is 0 Å². The van der Waals surface area contributed by atoms with E-state index in [0.717, 1.165) is 12.8 Å². The topological polar surface area (TPSA) is 45.0 Å². The molecule has 0 spiro atoms. The van der Waals surface area contributed by atoms with Crippen molar-refractivity contribution in [1.82, 2.24) is 5.32 Å². The van der Waals surface area contributed by atoms with Crippen LogP contribution in [-0.2, 0) is 4.74 Å². The maximum Gasteiger partial charge on any atom is 0.111 e. The summed E-state index contributed by atoms with van der Waals surface area (Å²) >= 11 is 0. The standard InChI is InChI=1S/C13H22N2O/c1-10-7-13(9-14,8-11(2)16-10)15-12-5-3-4-6-12/h10-12,15H,3-8H2,1-2H3. The predicted octanol–water partition coefficient (Wildman–Crippen LogP) is 2.37. The zero-order valence-electron chi connectivity index (χ0n) is 10.3. The lowest BCUT2D eigenvalue weighted by Gasteiger charge is -2.40. The number of nitrogens with one attached hydrogen (secondary N) is 1. The van der Waals surface area contributed by atoms with E-state index in [-0.39, 0.29) is 17.7 Å². The summed E-state index contributed by atoms with van der Waals surface area (Å²) in [5, 5.41) is 13.1. The Bertz CT molecular complexity index is 268. The average molecular weight is 222 g/mol. The van der Waals surface area contributed by atoms with Gasteiger partial charge in [-0.3, -0.25) is 5.32 Å². The Morgan fingerprint density at radius 3 is 2.25 bits per heavy atom. The summed E-state index contributed by atoms with van der Waals surface area (Å²) in [6.45, 7) is 4.14. The molecule has 1 saturated heterocycles. The van der Waals surface area contributed by atoms with Crippen LogP contribution >= 0.6 is 0 Å². The van der Waals surface area contributed by atoms with Crippen LogP contribution in [-0.4, -0.2) is 23.8 Å². The van der Waals surface area contributed by atoms with Gasteiger partial charge in [-0.1, -0.05) is 12.8 Å². The molecule has 2 fully saturated rings. The summed E-state index contributed by atoms with van der Waals surface area (Å²) in [6, 6.07) is 3.07. The Morgan fingerprint density at radius 2 is 1.75 bits per heavy atom. The lowest BCUT2D eigenvalue weighted by atomic mass is 9.84. The van der Waals surface area contributed by atoms with E-state index in [2.05, 4.69) is 25.2 Å². The second kappa shape index (κ2) is 4.73. The second-order valence-corrected chi connectivity index (χ2v) is 5.49. The van der Waals surface area contributed by atoms with Gasteiger partial charge in [0.25, 0.3) is 0 Å². The number of hydrogen-bond acceptors (Lipinski definition) is 3. The third-order valence-electron chi connectivity index (χ3n) is 3.79. The highest BCUT2D eigenvalue weighted by atomic mass is 16.5. The van der Waals surface area contributed by atoms with Crippen molar-refractivity contribution < 1.29 is 4.74 Å². The monoisotopic (exact) mass is 222 g/mol. The first-order valence-corrected chi connectivity index (χ1v) is 6.48. The van der Waals surface area contributed by atoms with Gasteiger partial charge in [-0.25, -0.2) is 0 Å². The van der Waals surface area contributed by atoms with Crippen molar-refractivity contribution in [2.45, 2.75) is 76.2 Å². The van der Waals surface area contributed by atoms with Gasteiger partial charge in [0.2, 0.25) is 0 Å². The van der Waals surface area contributed by atoms with Crippen LogP contribution in [0.15, 0.2) is 0 Å². The van der Waals surface area contributed by atoms with Crippen LogP contribution in [0.1, 0.15) is 52.4 Å². The molecule has 2 aliphatic rings.